The van der Waals surface area contributed by atoms with Gasteiger partial charge in [0.2, 0.25) is 0 Å². The number of carbonyl (C=O) groups excluding carboxylic acids is 1. The molecule has 5 heteroatoms. The number of amides is 1. The lowest BCUT2D eigenvalue weighted by atomic mass is 9.77. The van der Waals surface area contributed by atoms with Crippen LogP contribution < -0.4 is 0 Å². The highest BCUT2D eigenvalue weighted by Crippen LogP contribution is 2.34. The second-order valence-electron chi connectivity index (χ2n) is 4.75. The van der Waals surface area contributed by atoms with Crippen molar-refractivity contribution in [2.75, 3.05) is 13.1 Å². The summed E-state index contributed by atoms with van der Waals surface area (Å²) in [5.74, 6) is -0.770. The van der Waals surface area contributed by atoms with E-state index in [2.05, 4.69) is 0 Å². The number of hydrogen-bond donors (Lipinski definition) is 1. The molecule has 0 radical (unpaired) electrons. The molecule has 1 aliphatic rings. The van der Waals surface area contributed by atoms with Crippen LogP contribution >= 0.6 is 0 Å². The molecule has 2 heterocycles. The molecule has 1 aromatic rings. The van der Waals surface area contributed by atoms with E-state index in [9.17, 15) is 14.7 Å². The molecular weight excluding hydrogens is 234 g/mol. The van der Waals surface area contributed by atoms with E-state index in [0.717, 1.165) is 0 Å². The molecule has 1 aromatic heterocycles. The summed E-state index contributed by atoms with van der Waals surface area (Å²) in [6, 6.07) is 3.26. The molecule has 2 rings (SSSR count). The second-order valence-corrected chi connectivity index (χ2v) is 4.75. The van der Waals surface area contributed by atoms with Gasteiger partial charge in [-0.15, -0.1) is 0 Å². The van der Waals surface area contributed by atoms with Gasteiger partial charge in [-0.3, -0.25) is 9.59 Å². The molecule has 0 spiro atoms. The lowest BCUT2D eigenvalue weighted by molar-refractivity contribution is -0.152. The van der Waals surface area contributed by atoms with Gasteiger partial charge in [-0.05, 0) is 31.4 Å². The Morgan fingerprint density at radius 1 is 1.56 bits per heavy atom. The summed E-state index contributed by atoms with van der Waals surface area (Å²) in [5, 5.41) is 9.36. The third kappa shape index (κ3) is 2.12. The quantitative estimate of drug-likeness (QED) is 0.891. The maximum Gasteiger partial charge on any atom is 0.311 e. The Labute approximate surface area is 105 Å². The van der Waals surface area contributed by atoms with Crippen LogP contribution in [0.1, 0.15) is 36.7 Å². The molecule has 0 saturated carbocycles. The molecule has 1 saturated heterocycles. The Balaban J connectivity index is 2.16. The molecule has 1 fully saturated rings. The van der Waals surface area contributed by atoms with Crippen LogP contribution in [-0.2, 0) is 4.79 Å². The third-order valence-electron chi connectivity index (χ3n) is 3.73. The van der Waals surface area contributed by atoms with Gasteiger partial charge in [-0.25, -0.2) is 0 Å². The minimum absolute atomic E-state index is 0.223. The smallest absolute Gasteiger partial charge is 0.311 e. The highest BCUT2D eigenvalue weighted by molar-refractivity contribution is 5.92. The topological polar surface area (TPSA) is 70.8 Å². The van der Waals surface area contributed by atoms with Crippen molar-refractivity contribution in [1.29, 1.82) is 0 Å². The highest BCUT2D eigenvalue weighted by atomic mass is 16.4. The molecule has 1 amide bonds. The molecular formula is C13H17NO4. The standard InChI is InChI=1S/C13H17NO4/c1-2-13(12(16)17)6-4-7-14(9-13)11(15)10-5-3-8-18-10/h3,5,8H,2,4,6-7,9H2,1H3,(H,16,17). The fourth-order valence-corrected chi connectivity index (χ4v) is 2.48. The summed E-state index contributed by atoms with van der Waals surface area (Å²) in [6.07, 6.45) is 3.32. The average molecular weight is 251 g/mol. The van der Waals surface area contributed by atoms with Gasteiger partial charge in [-0.1, -0.05) is 6.92 Å². The number of nitrogens with zero attached hydrogens (tertiary/aromatic N) is 1. The van der Waals surface area contributed by atoms with E-state index in [1.165, 1.54) is 6.26 Å². The first-order chi connectivity index (χ1) is 8.59. The van der Waals surface area contributed by atoms with E-state index in [1.54, 1.807) is 17.0 Å². The first-order valence-electron chi connectivity index (χ1n) is 6.15. The number of carbonyl (C=O) groups is 2. The van der Waals surface area contributed by atoms with Gasteiger partial charge in [0.05, 0.1) is 11.7 Å². The number of furan rings is 1. The van der Waals surface area contributed by atoms with E-state index in [4.69, 9.17) is 4.42 Å². The molecule has 1 aliphatic heterocycles. The third-order valence-corrected chi connectivity index (χ3v) is 3.73. The molecule has 1 N–H and O–H groups in total. The molecule has 98 valence electrons. The summed E-state index contributed by atoms with van der Waals surface area (Å²) >= 11 is 0. The molecule has 0 aromatic carbocycles. The number of carboxylic acid groups (broad SMARTS) is 1. The first-order valence-corrected chi connectivity index (χ1v) is 6.15. The summed E-state index contributed by atoms with van der Waals surface area (Å²) in [7, 11) is 0. The highest BCUT2D eigenvalue weighted by Gasteiger charge is 2.42. The zero-order valence-electron chi connectivity index (χ0n) is 10.4. The Morgan fingerprint density at radius 3 is 2.89 bits per heavy atom. The van der Waals surface area contributed by atoms with Crippen molar-refractivity contribution >= 4 is 11.9 Å². The van der Waals surface area contributed by atoms with Crippen LogP contribution in [0.3, 0.4) is 0 Å². The Kier molecular flexibility index (Phi) is 3.41. The van der Waals surface area contributed by atoms with Crippen LogP contribution in [0.4, 0.5) is 0 Å². The SMILES string of the molecule is CCC1(C(=O)O)CCCN(C(=O)c2ccco2)C1. The fraction of sp³-hybridized carbons (Fsp3) is 0.538. The van der Waals surface area contributed by atoms with Crippen molar-refractivity contribution in [3.63, 3.8) is 0 Å². The molecule has 18 heavy (non-hydrogen) atoms. The van der Waals surface area contributed by atoms with Gasteiger partial charge in [0.25, 0.3) is 5.91 Å². The average Bonchev–Trinajstić information content (AvgIpc) is 2.91. The van der Waals surface area contributed by atoms with Crippen LogP contribution in [0.5, 0.6) is 0 Å². The molecule has 0 bridgehead atoms. The second kappa shape index (κ2) is 4.84. The minimum atomic E-state index is -0.818. The molecule has 1 unspecified atom stereocenters. The van der Waals surface area contributed by atoms with Crippen molar-refractivity contribution < 1.29 is 19.1 Å². The lowest BCUT2D eigenvalue weighted by Crippen LogP contribution is -2.49. The van der Waals surface area contributed by atoms with Gasteiger partial charge in [-0.2, -0.15) is 0 Å². The van der Waals surface area contributed by atoms with Crippen LogP contribution in [0.15, 0.2) is 22.8 Å². The zero-order valence-corrected chi connectivity index (χ0v) is 10.4. The molecule has 5 nitrogen and oxygen atoms in total. The summed E-state index contributed by atoms with van der Waals surface area (Å²) < 4.78 is 5.07. The predicted molar refractivity (Wildman–Crippen MR) is 64.2 cm³/mol. The van der Waals surface area contributed by atoms with Crippen LogP contribution in [0.2, 0.25) is 0 Å². The summed E-state index contributed by atoms with van der Waals surface area (Å²) in [4.78, 5) is 25.1. The van der Waals surface area contributed by atoms with Gasteiger partial charge in [0.1, 0.15) is 0 Å². The van der Waals surface area contributed by atoms with Crippen molar-refractivity contribution in [1.82, 2.24) is 4.90 Å². The number of aliphatic carboxylic acids is 1. The zero-order chi connectivity index (χ0) is 13.2. The first kappa shape index (κ1) is 12.7. The van der Waals surface area contributed by atoms with Gasteiger partial charge in [0.15, 0.2) is 5.76 Å². The Bertz CT molecular complexity index is 440. The maximum atomic E-state index is 12.1. The van der Waals surface area contributed by atoms with E-state index >= 15 is 0 Å². The van der Waals surface area contributed by atoms with Crippen LogP contribution in [0.25, 0.3) is 0 Å². The lowest BCUT2D eigenvalue weighted by Gasteiger charge is -2.39. The number of rotatable bonds is 3. The number of carboxylic acids is 1. The minimum Gasteiger partial charge on any atom is -0.481 e. The predicted octanol–water partition coefficient (Wildman–Crippen LogP) is 2.00. The van der Waals surface area contributed by atoms with E-state index < -0.39 is 11.4 Å². The summed E-state index contributed by atoms with van der Waals surface area (Å²) in [5.41, 5.74) is -0.805. The van der Waals surface area contributed by atoms with E-state index in [-0.39, 0.29) is 18.2 Å². The van der Waals surface area contributed by atoms with Crippen molar-refractivity contribution in [3.8, 4) is 0 Å². The van der Waals surface area contributed by atoms with Crippen molar-refractivity contribution in [2.45, 2.75) is 26.2 Å². The number of piperidine rings is 1. The summed E-state index contributed by atoms with van der Waals surface area (Å²) in [6.45, 7) is 2.71. The fourth-order valence-electron chi connectivity index (χ4n) is 2.48. The van der Waals surface area contributed by atoms with Gasteiger partial charge in [0, 0.05) is 13.1 Å². The number of likely N-dealkylation sites (tertiary alicyclic amines) is 1. The van der Waals surface area contributed by atoms with E-state index in [0.29, 0.717) is 25.8 Å². The van der Waals surface area contributed by atoms with E-state index in [1.807, 2.05) is 6.92 Å². The van der Waals surface area contributed by atoms with Crippen molar-refractivity contribution in [2.24, 2.45) is 5.41 Å². The molecule has 0 aliphatic carbocycles. The molecule has 1 atom stereocenters. The number of hydrogen-bond acceptors (Lipinski definition) is 3. The largest absolute Gasteiger partial charge is 0.481 e. The monoisotopic (exact) mass is 251 g/mol. The van der Waals surface area contributed by atoms with Gasteiger partial charge < -0.3 is 14.4 Å². The maximum absolute atomic E-state index is 12.1. The Hall–Kier alpha value is -1.78. The normalized spacial score (nSPS) is 23.9. The van der Waals surface area contributed by atoms with Crippen molar-refractivity contribution in [3.05, 3.63) is 24.2 Å². The van der Waals surface area contributed by atoms with Gasteiger partial charge >= 0.3 is 5.97 Å². The van der Waals surface area contributed by atoms with Crippen LogP contribution in [-0.4, -0.2) is 35.0 Å². The van der Waals surface area contributed by atoms with Crippen LogP contribution in [0, 0.1) is 5.41 Å². The Morgan fingerprint density at radius 2 is 2.33 bits per heavy atom.